The monoisotopic (exact) mass is 396 g/mol. The fourth-order valence-corrected chi connectivity index (χ4v) is 3.49. The molecule has 0 saturated carbocycles. The summed E-state index contributed by atoms with van der Waals surface area (Å²) >= 11 is 0. The second-order valence-corrected chi connectivity index (χ2v) is 7.80. The van der Waals surface area contributed by atoms with E-state index in [0.29, 0.717) is 0 Å². The maximum atomic E-state index is 12.3. The fraction of sp³-hybridized carbons (Fsp3) is 0.650. The summed E-state index contributed by atoms with van der Waals surface area (Å²) in [6.07, 6.45) is 2.12. The minimum absolute atomic E-state index is 0.142. The van der Waals surface area contributed by atoms with E-state index in [2.05, 4.69) is 34.1 Å². The molecular formula is C20H30F2N4O2. The Hall–Kier alpha value is -2.09. The largest absolute Gasteiger partial charge is 0.435 e. The van der Waals surface area contributed by atoms with Crippen molar-refractivity contribution in [1.82, 2.24) is 10.6 Å². The molecule has 6 nitrogen and oxygen atoms in total. The molecule has 3 rings (SSSR count). The molecule has 2 N–H and O–H groups in total. The highest BCUT2D eigenvalue weighted by Crippen LogP contribution is 2.27. The van der Waals surface area contributed by atoms with Crippen LogP contribution in [-0.4, -0.2) is 58.0 Å². The molecular weight excluding hydrogens is 366 g/mol. The Kier molecular flexibility index (Phi) is 6.93. The summed E-state index contributed by atoms with van der Waals surface area (Å²) in [6, 6.07) is 7.11. The van der Waals surface area contributed by atoms with Crippen LogP contribution in [0.2, 0.25) is 0 Å². The Balaban J connectivity index is 1.57. The van der Waals surface area contributed by atoms with Gasteiger partial charge in [-0.15, -0.1) is 0 Å². The molecule has 0 aromatic heterocycles. The van der Waals surface area contributed by atoms with Crippen molar-refractivity contribution in [3.8, 4) is 5.75 Å². The van der Waals surface area contributed by atoms with Crippen LogP contribution in [-0.2, 0) is 4.74 Å². The molecule has 28 heavy (non-hydrogen) atoms. The number of halogens is 2. The smallest absolute Gasteiger partial charge is 0.387 e. The lowest BCUT2D eigenvalue weighted by Crippen LogP contribution is -2.52. The van der Waals surface area contributed by atoms with E-state index in [1.807, 2.05) is 12.1 Å². The lowest BCUT2D eigenvalue weighted by atomic mass is 9.89. The molecule has 8 heteroatoms. The maximum absolute atomic E-state index is 12.3. The average Bonchev–Trinajstić information content (AvgIpc) is 2.65. The molecule has 156 valence electrons. The predicted molar refractivity (Wildman–Crippen MR) is 106 cm³/mol. The number of rotatable bonds is 7. The van der Waals surface area contributed by atoms with Gasteiger partial charge in [-0.25, -0.2) is 0 Å². The lowest BCUT2D eigenvalue weighted by molar-refractivity contribution is -0.0945. The third kappa shape index (κ3) is 5.70. The molecule has 0 bridgehead atoms. The minimum atomic E-state index is -2.80. The zero-order chi connectivity index (χ0) is 20.0. The number of anilines is 1. The molecule has 1 atom stereocenters. The summed E-state index contributed by atoms with van der Waals surface area (Å²) < 4.78 is 34.4. The summed E-state index contributed by atoms with van der Waals surface area (Å²) in [7, 11) is 0. The van der Waals surface area contributed by atoms with Gasteiger partial charge in [0.25, 0.3) is 0 Å². The van der Waals surface area contributed by atoms with E-state index in [9.17, 15) is 8.78 Å². The van der Waals surface area contributed by atoms with E-state index in [0.717, 1.165) is 63.9 Å². The quantitative estimate of drug-likeness (QED) is 0.548. The standard InChI is InChI=1S/C20H30F2N4O2/c1-3-23-19(24-12-20(2)13-27-14-20)25-15-5-4-10-26(11-15)16-6-8-17(9-7-16)28-18(21)22/h6-9,15,18H,3-5,10-14H2,1-2H3,(H2,23,24,25). The third-order valence-corrected chi connectivity index (χ3v) is 5.05. The van der Waals surface area contributed by atoms with E-state index in [1.54, 1.807) is 12.1 Å². The van der Waals surface area contributed by atoms with Crippen molar-refractivity contribution >= 4 is 11.6 Å². The summed E-state index contributed by atoms with van der Waals surface area (Å²) in [6.45, 7) is 6.29. The molecule has 0 amide bonds. The van der Waals surface area contributed by atoms with Crippen molar-refractivity contribution in [2.24, 2.45) is 10.4 Å². The van der Waals surface area contributed by atoms with Gasteiger partial charge >= 0.3 is 6.61 Å². The van der Waals surface area contributed by atoms with Crippen LogP contribution in [0.3, 0.4) is 0 Å². The molecule has 2 aliphatic rings. The van der Waals surface area contributed by atoms with Crippen LogP contribution < -0.4 is 20.3 Å². The molecule has 0 radical (unpaired) electrons. The fourth-order valence-electron chi connectivity index (χ4n) is 3.49. The number of nitrogens with one attached hydrogen (secondary N) is 2. The van der Waals surface area contributed by atoms with Gasteiger partial charge in [0.15, 0.2) is 5.96 Å². The van der Waals surface area contributed by atoms with Gasteiger partial charge in [0.05, 0.1) is 19.8 Å². The van der Waals surface area contributed by atoms with Crippen LogP contribution in [0.5, 0.6) is 5.75 Å². The van der Waals surface area contributed by atoms with Gasteiger partial charge in [0.2, 0.25) is 0 Å². The molecule has 2 heterocycles. The van der Waals surface area contributed by atoms with E-state index in [-0.39, 0.29) is 17.2 Å². The average molecular weight is 396 g/mol. The molecule has 0 spiro atoms. The number of alkyl halides is 2. The number of benzene rings is 1. The number of ether oxygens (including phenoxy) is 2. The normalized spacial score (nSPS) is 22.0. The summed E-state index contributed by atoms with van der Waals surface area (Å²) in [5, 5.41) is 6.87. The molecule has 2 fully saturated rings. The number of hydrogen-bond acceptors (Lipinski definition) is 4. The van der Waals surface area contributed by atoms with E-state index >= 15 is 0 Å². The first-order chi connectivity index (χ1) is 13.5. The molecule has 2 saturated heterocycles. The van der Waals surface area contributed by atoms with E-state index < -0.39 is 6.61 Å². The van der Waals surface area contributed by atoms with Crippen molar-refractivity contribution < 1.29 is 18.3 Å². The number of nitrogens with zero attached hydrogens (tertiary/aromatic N) is 2. The number of aliphatic imine (C=N–C) groups is 1. The van der Waals surface area contributed by atoms with E-state index in [1.165, 1.54) is 0 Å². The SMILES string of the molecule is CCNC(=NCC1(C)COC1)NC1CCCN(c2ccc(OC(F)F)cc2)C1. The number of piperidine rings is 1. The van der Waals surface area contributed by atoms with Gasteiger partial charge in [-0.1, -0.05) is 6.92 Å². The van der Waals surface area contributed by atoms with Crippen molar-refractivity contribution in [3.05, 3.63) is 24.3 Å². The first-order valence-electron chi connectivity index (χ1n) is 9.90. The summed E-state index contributed by atoms with van der Waals surface area (Å²) in [5.41, 5.74) is 1.15. The second kappa shape index (κ2) is 9.41. The summed E-state index contributed by atoms with van der Waals surface area (Å²) in [4.78, 5) is 7.01. The van der Waals surface area contributed by atoms with Crippen LogP contribution in [0, 0.1) is 5.41 Å². The van der Waals surface area contributed by atoms with Crippen LogP contribution in [0.1, 0.15) is 26.7 Å². The lowest BCUT2D eigenvalue weighted by Gasteiger charge is -2.37. The van der Waals surface area contributed by atoms with Gasteiger partial charge in [-0.2, -0.15) is 8.78 Å². The highest BCUT2D eigenvalue weighted by atomic mass is 19.3. The van der Waals surface area contributed by atoms with Gasteiger partial charge in [-0.05, 0) is 44.0 Å². The summed E-state index contributed by atoms with van der Waals surface area (Å²) in [5.74, 6) is 1.02. The second-order valence-electron chi connectivity index (χ2n) is 7.80. The Morgan fingerprint density at radius 1 is 1.36 bits per heavy atom. The van der Waals surface area contributed by atoms with Crippen molar-refractivity contribution in [1.29, 1.82) is 0 Å². The number of hydrogen-bond donors (Lipinski definition) is 2. The third-order valence-electron chi connectivity index (χ3n) is 5.05. The Bertz CT molecular complexity index is 650. The minimum Gasteiger partial charge on any atom is -0.435 e. The molecule has 1 unspecified atom stereocenters. The zero-order valence-corrected chi connectivity index (χ0v) is 16.6. The van der Waals surface area contributed by atoms with Gasteiger partial charge in [-0.3, -0.25) is 4.99 Å². The predicted octanol–water partition coefficient (Wildman–Crippen LogP) is 2.85. The van der Waals surface area contributed by atoms with Crippen molar-refractivity contribution in [2.75, 3.05) is 44.3 Å². The van der Waals surface area contributed by atoms with Crippen LogP contribution in [0.25, 0.3) is 0 Å². The van der Waals surface area contributed by atoms with Crippen LogP contribution in [0.15, 0.2) is 29.3 Å². The zero-order valence-electron chi connectivity index (χ0n) is 16.6. The van der Waals surface area contributed by atoms with Crippen LogP contribution >= 0.6 is 0 Å². The maximum Gasteiger partial charge on any atom is 0.387 e. The molecule has 1 aromatic carbocycles. The van der Waals surface area contributed by atoms with Crippen molar-refractivity contribution in [3.63, 3.8) is 0 Å². The Labute approximate surface area is 165 Å². The van der Waals surface area contributed by atoms with Gasteiger partial charge in [0.1, 0.15) is 5.75 Å². The van der Waals surface area contributed by atoms with Crippen molar-refractivity contribution in [2.45, 2.75) is 39.3 Å². The van der Waals surface area contributed by atoms with E-state index in [4.69, 9.17) is 9.73 Å². The molecule has 2 aliphatic heterocycles. The Morgan fingerprint density at radius 3 is 2.71 bits per heavy atom. The Morgan fingerprint density at radius 2 is 2.11 bits per heavy atom. The topological polar surface area (TPSA) is 58.1 Å². The highest BCUT2D eigenvalue weighted by molar-refractivity contribution is 5.80. The van der Waals surface area contributed by atoms with Crippen LogP contribution in [0.4, 0.5) is 14.5 Å². The first-order valence-corrected chi connectivity index (χ1v) is 9.90. The van der Waals surface area contributed by atoms with Gasteiger partial charge < -0.3 is 25.0 Å². The molecule has 1 aromatic rings. The molecule has 0 aliphatic carbocycles. The highest BCUT2D eigenvalue weighted by Gasteiger charge is 2.33. The first kappa shape index (κ1) is 20.6. The van der Waals surface area contributed by atoms with Gasteiger partial charge in [0, 0.05) is 36.8 Å². The number of guanidine groups is 1.